The zero-order chi connectivity index (χ0) is 23.2. The fourth-order valence-corrected chi connectivity index (χ4v) is 3.95. The normalized spacial score (nSPS) is 15.2. The van der Waals surface area contributed by atoms with E-state index in [1.807, 2.05) is 0 Å². The Morgan fingerprint density at radius 3 is 2.76 bits per heavy atom. The first-order valence-electron chi connectivity index (χ1n) is 11.0. The summed E-state index contributed by atoms with van der Waals surface area (Å²) in [4.78, 5) is 19.5. The number of nitrogens with one attached hydrogen (secondary N) is 2. The highest BCUT2D eigenvalue weighted by Crippen LogP contribution is 2.28. The van der Waals surface area contributed by atoms with Gasteiger partial charge in [-0.1, -0.05) is 24.3 Å². The quantitative estimate of drug-likeness (QED) is 0.455. The van der Waals surface area contributed by atoms with Gasteiger partial charge in [0.15, 0.2) is 0 Å². The van der Waals surface area contributed by atoms with E-state index in [9.17, 15) is 9.90 Å². The number of aryl methyl sites for hydroxylation is 1. The smallest absolute Gasteiger partial charge is 0.255 e. The average molecular weight is 449 g/mol. The largest absolute Gasteiger partial charge is 0.508 e. The Balaban J connectivity index is 1.52. The van der Waals surface area contributed by atoms with Gasteiger partial charge in [0.05, 0.1) is 31.4 Å². The standard InChI is InChI=1S/C25H28N4O4/c1-17-21(13-19(33-17)16-29-9-11-32-12-10-29)25(31)28-23(20-6-2-3-7-24(20)30)14-22(26)18-5-4-8-27-15-18/h2-8,13,15,23,26,30H,9-12,14,16H2,1H3,(H,28,31). The fourth-order valence-electron chi connectivity index (χ4n) is 3.95. The Morgan fingerprint density at radius 1 is 1.24 bits per heavy atom. The first kappa shape index (κ1) is 22.7. The number of phenols is 1. The van der Waals surface area contributed by atoms with Gasteiger partial charge in [-0.15, -0.1) is 0 Å². The predicted molar refractivity (Wildman–Crippen MR) is 124 cm³/mol. The highest BCUT2D eigenvalue weighted by atomic mass is 16.5. The third-order valence-corrected chi connectivity index (χ3v) is 5.73. The Morgan fingerprint density at radius 2 is 2.03 bits per heavy atom. The molecule has 1 aromatic carbocycles. The molecule has 0 aliphatic carbocycles. The predicted octanol–water partition coefficient (Wildman–Crippen LogP) is 3.45. The van der Waals surface area contributed by atoms with Crippen LogP contribution in [0.3, 0.4) is 0 Å². The van der Waals surface area contributed by atoms with E-state index in [2.05, 4.69) is 15.2 Å². The number of para-hydroxylation sites is 1. The second-order valence-corrected chi connectivity index (χ2v) is 8.08. The molecule has 1 amide bonds. The molecule has 3 heterocycles. The van der Waals surface area contributed by atoms with Gasteiger partial charge in [0.1, 0.15) is 17.3 Å². The van der Waals surface area contributed by atoms with E-state index in [1.54, 1.807) is 61.8 Å². The minimum Gasteiger partial charge on any atom is -0.508 e. The lowest BCUT2D eigenvalue weighted by Crippen LogP contribution is -2.35. The van der Waals surface area contributed by atoms with Gasteiger partial charge in [-0.3, -0.25) is 14.7 Å². The molecular formula is C25H28N4O4. The summed E-state index contributed by atoms with van der Waals surface area (Å²) in [5, 5.41) is 21.9. The number of carbonyl (C=O) groups excluding carboxylic acids is 1. The molecule has 4 rings (SSSR count). The summed E-state index contributed by atoms with van der Waals surface area (Å²) in [5.41, 5.74) is 1.98. The van der Waals surface area contributed by atoms with Crippen LogP contribution in [-0.4, -0.2) is 52.9 Å². The maximum Gasteiger partial charge on any atom is 0.255 e. The molecule has 0 saturated carbocycles. The Hall–Kier alpha value is -3.49. The Bertz CT molecular complexity index is 1110. The van der Waals surface area contributed by atoms with E-state index in [-0.39, 0.29) is 18.1 Å². The van der Waals surface area contributed by atoms with Gasteiger partial charge in [0.25, 0.3) is 5.91 Å². The van der Waals surface area contributed by atoms with Crippen LogP contribution in [-0.2, 0) is 11.3 Å². The van der Waals surface area contributed by atoms with Crippen molar-refractivity contribution < 1.29 is 19.1 Å². The summed E-state index contributed by atoms with van der Waals surface area (Å²) in [5.74, 6) is 1.02. The number of furan rings is 1. The van der Waals surface area contributed by atoms with E-state index in [0.717, 1.165) is 18.8 Å². The number of benzene rings is 1. The molecule has 3 aromatic rings. The number of hydrogen-bond donors (Lipinski definition) is 3. The molecule has 1 fully saturated rings. The second-order valence-electron chi connectivity index (χ2n) is 8.08. The molecule has 1 aliphatic rings. The van der Waals surface area contributed by atoms with E-state index < -0.39 is 6.04 Å². The molecule has 1 saturated heterocycles. The van der Waals surface area contributed by atoms with E-state index in [1.165, 1.54) is 0 Å². The number of aromatic nitrogens is 1. The van der Waals surface area contributed by atoms with Crippen LogP contribution in [0.2, 0.25) is 0 Å². The number of phenolic OH excluding ortho intramolecular Hbond substituents is 1. The third-order valence-electron chi connectivity index (χ3n) is 5.73. The Kier molecular flexibility index (Phi) is 7.16. The van der Waals surface area contributed by atoms with Gasteiger partial charge in [0.2, 0.25) is 0 Å². The third kappa shape index (κ3) is 5.66. The minimum absolute atomic E-state index is 0.0682. The van der Waals surface area contributed by atoms with Crippen LogP contribution in [0.1, 0.15) is 45.5 Å². The van der Waals surface area contributed by atoms with Crippen LogP contribution in [0, 0.1) is 12.3 Å². The van der Waals surface area contributed by atoms with Gasteiger partial charge >= 0.3 is 0 Å². The van der Waals surface area contributed by atoms with E-state index >= 15 is 0 Å². The lowest BCUT2D eigenvalue weighted by molar-refractivity contribution is 0.0312. The highest BCUT2D eigenvalue weighted by Gasteiger charge is 2.24. The monoisotopic (exact) mass is 448 g/mol. The fraction of sp³-hybridized carbons (Fsp3) is 0.320. The van der Waals surface area contributed by atoms with Gasteiger partial charge in [-0.25, -0.2) is 0 Å². The number of rotatable bonds is 8. The van der Waals surface area contributed by atoms with E-state index in [0.29, 0.717) is 47.9 Å². The minimum atomic E-state index is -0.594. The number of aromatic hydroxyl groups is 1. The number of pyridine rings is 1. The van der Waals surface area contributed by atoms with Crippen LogP contribution in [0.4, 0.5) is 0 Å². The molecule has 1 aliphatic heterocycles. The van der Waals surface area contributed by atoms with Crippen molar-refractivity contribution in [1.29, 1.82) is 5.41 Å². The summed E-state index contributed by atoms with van der Waals surface area (Å²) in [7, 11) is 0. The van der Waals surface area contributed by atoms with Crippen molar-refractivity contribution in [3.05, 3.63) is 83.1 Å². The lowest BCUT2D eigenvalue weighted by atomic mass is 9.97. The number of carbonyl (C=O) groups is 1. The topological polar surface area (TPSA) is 112 Å². The molecule has 33 heavy (non-hydrogen) atoms. The molecule has 8 heteroatoms. The molecule has 8 nitrogen and oxygen atoms in total. The van der Waals surface area contributed by atoms with Gasteiger partial charge in [-0.2, -0.15) is 0 Å². The molecule has 0 bridgehead atoms. The molecule has 1 unspecified atom stereocenters. The Labute approximate surface area is 192 Å². The SMILES string of the molecule is Cc1oc(CN2CCOCC2)cc1C(=O)NC(CC(=N)c1cccnc1)c1ccccc1O. The number of morpholine rings is 1. The van der Waals surface area contributed by atoms with Crippen LogP contribution >= 0.6 is 0 Å². The second kappa shape index (κ2) is 10.4. The van der Waals surface area contributed by atoms with Gasteiger partial charge in [0, 0.05) is 48.7 Å². The van der Waals surface area contributed by atoms with Crippen molar-refractivity contribution in [2.75, 3.05) is 26.3 Å². The number of ether oxygens (including phenoxy) is 1. The molecule has 0 radical (unpaired) electrons. The zero-order valence-electron chi connectivity index (χ0n) is 18.6. The molecule has 172 valence electrons. The maximum atomic E-state index is 13.2. The van der Waals surface area contributed by atoms with Gasteiger partial charge < -0.3 is 25.0 Å². The van der Waals surface area contributed by atoms with Crippen LogP contribution in [0.5, 0.6) is 5.75 Å². The van der Waals surface area contributed by atoms with Crippen LogP contribution < -0.4 is 5.32 Å². The van der Waals surface area contributed by atoms with Crippen molar-refractivity contribution in [2.45, 2.75) is 25.9 Å². The zero-order valence-corrected chi connectivity index (χ0v) is 18.6. The summed E-state index contributed by atoms with van der Waals surface area (Å²) in [6.45, 7) is 5.42. The molecule has 0 spiro atoms. The average Bonchev–Trinajstić information content (AvgIpc) is 3.20. The molecular weight excluding hydrogens is 420 g/mol. The first-order valence-corrected chi connectivity index (χ1v) is 11.0. The van der Waals surface area contributed by atoms with Gasteiger partial charge in [-0.05, 0) is 25.1 Å². The van der Waals surface area contributed by atoms with Crippen molar-refractivity contribution in [2.24, 2.45) is 0 Å². The van der Waals surface area contributed by atoms with Crippen molar-refractivity contribution in [1.82, 2.24) is 15.2 Å². The highest BCUT2D eigenvalue weighted by molar-refractivity contribution is 5.99. The summed E-state index contributed by atoms with van der Waals surface area (Å²) in [6.07, 6.45) is 3.46. The first-order chi connectivity index (χ1) is 16.0. The molecule has 2 aromatic heterocycles. The summed E-state index contributed by atoms with van der Waals surface area (Å²) < 4.78 is 11.2. The molecule has 3 N–H and O–H groups in total. The van der Waals surface area contributed by atoms with E-state index in [4.69, 9.17) is 14.6 Å². The lowest BCUT2D eigenvalue weighted by Gasteiger charge is -2.25. The number of amides is 1. The molecule has 1 atom stereocenters. The number of hydrogen-bond acceptors (Lipinski definition) is 7. The maximum absolute atomic E-state index is 13.2. The van der Waals surface area contributed by atoms with Crippen LogP contribution in [0.15, 0.2) is 59.3 Å². The van der Waals surface area contributed by atoms with Crippen molar-refractivity contribution in [3.8, 4) is 5.75 Å². The van der Waals surface area contributed by atoms with Crippen molar-refractivity contribution >= 4 is 11.6 Å². The summed E-state index contributed by atoms with van der Waals surface area (Å²) >= 11 is 0. The summed E-state index contributed by atoms with van der Waals surface area (Å²) in [6, 6.07) is 11.6. The van der Waals surface area contributed by atoms with Crippen molar-refractivity contribution in [3.63, 3.8) is 0 Å². The number of nitrogens with zero attached hydrogens (tertiary/aromatic N) is 2. The van der Waals surface area contributed by atoms with Crippen LogP contribution in [0.25, 0.3) is 0 Å².